The van der Waals surface area contributed by atoms with E-state index in [1.54, 1.807) is 25.1 Å². The van der Waals surface area contributed by atoms with Crippen molar-refractivity contribution in [2.45, 2.75) is 12.8 Å². The van der Waals surface area contributed by atoms with Crippen LogP contribution < -0.4 is 5.73 Å². The van der Waals surface area contributed by atoms with Gasteiger partial charge in [0.2, 0.25) is 0 Å². The van der Waals surface area contributed by atoms with Crippen molar-refractivity contribution >= 4 is 17.3 Å². The molecule has 0 saturated heterocycles. The minimum absolute atomic E-state index is 0.184. The zero-order valence-electron chi connectivity index (χ0n) is 7.45. The Bertz CT molecular complexity index is 427. The van der Waals surface area contributed by atoms with Gasteiger partial charge in [-0.3, -0.25) is 4.98 Å². The molecule has 70 valence electrons. The van der Waals surface area contributed by atoms with Crippen molar-refractivity contribution in [1.29, 1.82) is 10.5 Å². The van der Waals surface area contributed by atoms with Gasteiger partial charge in [0.25, 0.3) is 0 Å². The molecule has 2 N–H and O–H groups in total. The lowest BCUT2D eigenvalue weighted by atomic mass is 10.1. The smallest absolute Gasteiger partial charge is 0.176 e. The van der Waals surface area contributed by atoms with Gasteiger partial charge in [0.1, 0.15) is 0 Å². The van der Waals surface area contributed by atoms with Crippen LogP contribution >= 0.6 is 11.6 Å². The van der Waals surface area contributed by atoms with Gasteiger partial charge in [-0.2, -0.15) is 10.5 Å². The van der Waals surface area contributed by atoms with Crippen LogP contribution in [-0.4, -0.2) is 4.98 Å². The average molecular weight is 207 g/mol. The van der Waals surface area contributed by atoms with Crippen LogP contribution in [0.4, 0.5) is 5.69 Å². The van der Waals surface area contributed by atoms with Gasteiger partial charge in [-0.05, 0) is 13.0 Å². The number of hydrogen-bond donors (Lipinski definition) is 1. The van der Waals surface area contributed by atoms with Crippen LogP contribution in [0.15, 0.2) is 6.07 Å². The second kappa shape index (κ2) is 3.95. The van der Waals surface area contributed by atoms with E-state index in [1.807, 2.05) is 0 Å². The fourth-order valence-electron chi connectivity index (χ4n) is 1.05. The summed E-state index contributed by atoms with van der Waals surface area (Å²) in [7, 11) is 0. The Kier molecular flexibility index (Phi) is 2.91. The van der Waals surface area contributed by atoms with Crippen molar-refractivity contribution in [2.24, 2.45) is 0 Å². The minimum atomic E-state index is -0.968. The minimum Gasteiger partial charge on any atom is -0.397 e. The summed E-state index contributed by atoms with van der Waals surface area (Å²) < 4.78 is 0. The summed E-state index contributed by atoms with van der Waals surface area (Å²) in [4.78, 5) is 4.02. The van der Waals surface area contributed by atoms with Crippen molar-refractivity contribution in [3.63, 3.8) is 0 Å². The predicted molar refractivity (Wildman–Crippen MR) is 52.4 cm³/mol. The Balaban J connectivity index is 3.36. The van der Waals surface area contributed by atoms with Crippen LogP contribution in [0.3, 0.4) is 0 Å². The molecule has 0 fully saturated rings. The lowest BCUT2D eigenvalue weighted by Gasteiger charge is -2.06. The third kappa shape index (κ3) is 1.76. The van der Waals surface area contributed by atoms with Gasteiger partial charge >= 0.3 is 0 Å². The average Bonchev–Trinajstić information content (AvgIpc) is 2.15. The molecule has 14 heavy (non-hydrogen) atoms. The number of rotatable bonds is 1. The van der Waals surface area contributed by atoms with E-state index in [9.17, 15) is 0 Å². The number of hydrogen-bond acceptors (Lipinski definition) is 4. The van der Waals surface area contributed by atoms with E-state index in [1.165, 1.54) is 0 Å². The molecule has 1 rings (SSSR count). The van der Waals surface area contributed by atoms with Crippen molar-refractivity contribution < 1.29 is 0 Å². The fraction of sp³-hybridized carbons (Fsp3) is 0.222. The molecule has 0 aromatic carbocycles. The van der Waals surface area contributed by atoms with Gasteiger partial charge < -0.3 is 5.73 Å². The largest absolute Gasteiger partial charge is 0.397 e. The van der Waals surface area contributed by atoms with Crippen LogP contribution in [0.25, 0.3) is 0 Å². The zero-order valence-corrected chi connectivity index (χ0v) is 8.21. The number of anilines is 1. The topological polar surface area (TPSA) is 86.5 Å². The highest BCUT2D eigenvalue weighted by molar-refractivity contribution is 6.33. The summed E-state index contributed by atoms with van der Waals surface area (Å²) >= 11 is 5.83. The first-order valence-corrected chi connectivity index (χ1v) is 4.19. The van der Waals surface area contributed by atoms with Gasteiger partial charge in [0.05, 0.1) is 28.5 Å². The maximum atomic E-state index is 8.67. The maximum absolute atomic E-state index is 8.67. The van der Waals surface area contributed by atoms with E-state index in [0.29, 0.717) is 11.4 Å². The van der Waals surface area contributed by atoms with E-state index in [-0.39, 0.29) is 10.7 Å². The third-order valence-electron chi connectivity index (χ3n) is 1.67. The summed E-state index contributed by atoms with van der Waals surface area (Å²) in [5.74, 6) is -0.968. The summed E-state index contributed by atoms with van der Waals surface area (Å²) in [5, 5.41) is 17.5. The number of nitrogen functional groups attached to an aromatic ring is 1. The van der Waals surface area contributed by atoms with Crippen LogP contribution in [0.1, 0.15) is 17.3 Å². The normalized spacial score (nSPS) is 9.50. The molecular weight excluding hydrogens is 200 g/mol. The van der Waals surface area contributed by atoms with Gasteiger partial charge in [0, 0.05) is 5.69 Å². The second-order valence-corrected chi connectivity index (χ2v) is 3.12. The first kappa shape index (κ1) is 10.3. The third-order valence-corrected chi connectivity index (χ3v) is 2.08. The highest BCUT2D eigenvalue weighted by Crippen LogP contribution is 2.27. The number of nitrogens with zero attached hydrogens (tertiary/aromatic N) is 3. The van der Waals surface area contributed by atoms with Gasteiger partial charge in [0.15, 0.2) is 5.92 Å². The van der Waals surface area contributed by atoms with Crippen molar-refractivity contribution in [3.8, 4) is 12.1 Å². The quantitative estimate of drug-likeness (QED) is 0.759. The number of nitrogens with two attached hydrogens (primary N) is 1. The number of pyridine rings is 1. The molecule has 0 unspecified atom stereocenters. The first-order valence-electron chi connectivity index (χ1n) is 3.82. The van der Waals surface area contributed by atoms with Gasteiger partial charge in [-0.25, -0.2) is 0 Å². The highest BCUT2D eigenvalue weighted by Gasteiger charge is 2.17. The van der Waals surface area contributed by atoms with Crippen LogP contribution in [0.2, 0.25) is 5.02 Å². The standard InChI is InChI=1S/C9H7ClN4/c1-5-2-7(13)8(10)9(14-5)6(3-11)4-12/h2,6H,1H3,(H2,13,14). The molecule has 0 bridgehead atoms. The summed E-state index contributed by atoms with van der Waals surface area (Å²) in [6, 6.07) is 5.19. The Morgan fingerprint density at radius 1 is 1.50 bits per heavy atom. The molecule has 0 saturated carbocycles. The van der Waals surface area contributed by atoms with E-state index in [4.69, 9.17) is 27.9 Å². The van der Waals surface area contributed by atoms with E-state index < -0.39 is 5.92 Å². The van der Waals surface area contributed by atoms with E-state index in [2.05, 4.69) is 4.98 Å². The molecule has 1 aromatic heterocycles. The summed E-state index contributed by atoms with van der Waals surface area (Å²) in [5.41, 5.74) is 6.78. The van der Waals surface area contributed by atoms with Crippen LogP contribution in [-0.2, 0) is 0 Å². The number of nitriles is 2. The second-order valence-electron chi connectivity index (χ2n) is 2.74. The number of aromatic nitrogens is 1. The zero-order chi connectivity index (χ0) is 10.7. The number of aryl methyl sites for hydroxylation is 1. The molecular formula is C9H7ClN4. The van der Waals surface area contributed by atoms with Crippen molar-refractivity contribution in [1.82, 2.24) is 4.98 Å². The highest BCUT2D eigenvalue weighted by atomic mass is 35.5. The molecule has 4 nitrogen and oxygen atoms in total. The molecule has 0 amide bonds. The Hall–Kier alpha value is -1.78. The van der Waals surface area contributed by atoms with Gasteiger partial charge in [-0.15, -0.1) is 0 Å². The monoisotopic (exact) mass is 206 g/mol. The Morgan fingerprint density at radius 3 is 2.57 bits per heavy atom. The molecule has 0 atom stereocenters. The van der Waals surface area contributed by atoms with E-state index >= 15 is 0 Å². The van der Waals surface area contributed by atoms with E-state index in [0.717, 1.165) is 0 Å². The predicted octanol–water partition coefficient (Wildman–Crippen LogP) is 1.76. The molecule has 0 aliphatic rings. The summed E-state index contributed by atoms with van der Waals surface area (Å²) in [6.45, 7) is 1.72. The fourth-order valence-corrected chi connectivity index (χ4v) is 1.26. The lowest BCUT2D eigenvalue weighted by Crippen LogP contribution is -2.02. The maximum Gasteiger partial charge on any atom is 0.176 e. The summed E-state index contributed by atoms with van der Waals surface area (Å²) in [6.07, 6.45) is 0. The van der Waals surface area contributed by atoms with Gasteiger partial charge in [-0.1, -0.05) is 11.6 Å². The molecule has 0 radical (unpaired) electrons. The SMILES string of the molecule is Cc1cc(N)c(Cl)c(C(C#N)C#N)n1. The van der Waals surface area contributed by atoms with Crippen molar-refractivity contribution in [3.05, 3.63) is 22.5 Å². The molecule has 1 aromatic rings. The van der Waals surface area contributed by atoms with Crippen LogP contribution in [0, 0.1) is 29.6 Å². The Labute approximate surface area is 86.5 Å². The lowest BCUT2D eigenvalue weighted by molar-refractivity contribution is 0.991. The molecule has 1 heterocycles. The molecule has 0 aliphatic heterocycles. The molecule has 0 aliphatic carbocycles. The first-order chi connectivity index (χ1) is 6.60. The number of halogens is 1. The molecule has 5 heteroatoms. The Morgan fingerprint density at radius 2 is 2.07 bits per heavy atom. The van der Waals surface area contributed by atoms with Crippen LogP contribution in [0.5, 0.6) is 0 Å². The molecule has 0 spiro atoms. The van der Waals surface area contributed by atoms with Crippen molar-refractivity contribution in [2.75, 3.05) is 5.73 Å².